The van der Waals surface area contributed by atoms with Crippen LogP contribution in [0.5, 0.6) is 0 Å². The molecule has 1 amide bonds. The highest BCUT2D eigenvalue weighted by Crippen LogP contribution is 2.63. The van der Waals surface area contributed by atoms with Gasteiger partial charge in [0.05, 0.1) is 5.41 Å². The average Bonchev–Trinajstić information content (AvgIpc) is 2.83. The number of hydrogen-bond donors (Lipinski definition) is 1. The molecule has 0 bridgehead atoms. The molecule has 19 heavy (non-hydrogen) atoms. The van der Waals surface area contributed by atoms with Crippen LogP contribution in [0.2, 0.25) is 0 Å². The molecule has 1 saturated carbocycles. The van der Waals surface area contributed by atoms with Crippen LogP contribution < -0.4 is 5.32 Å². The molecule has 1 N–H and O–H groups in total. The number of carbonyl (C=O) groups excluding carboxylic acids is 1. The molecule has 0 aromatic heterocycles. The van der Waals surface area contributed by atoms with E-state index < -0.39 is 9.75 Å². The largest absolute Gasteiger partial charge is 0.353 e. The van der Waals surface area contributed by atoms with Gasteiger partial charge in [-0.3, -0.25) is 4.79 Å². The van der Waals surface area contributed by atoms with Gasteiger partial charge in [-0.25, -0.2) is 0 Å². The average molecular weight is 365 g/mol. The zero-order valence-electron chi connectivity index (χ0n) is 10.8. The van der Waals surface area contributed by atoms with Crippen molar-refractivity contribution in [3.63, 3.8) is 0 Å². The summed E-state index contributed by atoms with van der Waals surface area (Å²) >= 11 is 15.4. The molecule has 0 radical (unpaired) electrons. The summed E-state index contributed by atoms with van der Waals surface area (Å²) < 4.78 is 0.140. The van der Waals surface area contributed by atoms with Crippen molar-refractivity contribution < 1.29 is 4.79 Å². The lowest BCUT2D eigenvalue weighted by atomic mass is 10.0. The fraction of sp³-hybridized carbons (Fsp3) is 0.500. The molecular weight excluding hydrogens is 349 g/mol. The van der Waals surface area contributed by atoms with Gasteiger partial charge < -0.3 is 5.32 Å². The van der Waals surface area contributed by atoms with E-state index in [1.54, 1.807) is 6.92 Å². The van der Waals surface area contributed by atoms with Gasteiger partial charge in [-0.05, 0) is 44.4 Å². The van der Waals surface area contributed by atoms with Gasteiger partial charge >= 0.3 is 0 Å². The van der Waals surface area contributed by atoms with Crippen LogP contribution in [0.25, 0.3) is 0 Å². The monoisotopic (exact) mass is 363 g/mol. The molecule has 1 aliphatic rings. The van der Waals surface area contributed by atoms with Crippen LogP contribution >= 0.6 is 39.1 Å². The van der Waals surface area contributed by atoms with Crippen LogP contribution in [0.3, 0.4) is 0 Å². The van der Waals surface area contributed by atoms with E-state index in [4.69, 9.17) is 23.2 Å². The fourth-order valence-electron chi connectivity index (χ4n) is 2.05. The molecule has 104 valence electrons. The van der Waals surface area contributed by atoms with Crippen LogP contribution in [0.15, 0.2) is 28.7 Å². The van der Waals surface area contributed by atoms with Crippen molar-refractivity contribution in [1.29, 1.82) is 0 Å². The molecule has 5 heteroatoms. The zero-order valence-corrected chi connectivity index (χ0v) is 13.9. The molecule has 1 aromatic rings. The van der Waals surface area contributed by atoms with Crippen molar-refractivity contribution in [2.45, 2.75) is 37.1 Å². The fourth-order valence-corrected chi connectivity index (χ4v) is 3.02. The third kappa shape index (κ3) is 3.26. The van der Waals surface area contributed by atoms with Crippen molar-refractivity contribution in [2.24, 2.45) is 5.41 Å². The summed E-state index contributed by atoms with van der Waals surface area (Å²) in [6.45, 7) is 3.78. The highest BCUT2D eigenvalue weighted by molar-refractivity contribution is 9.10. The predicted molar refractivity (Wildman–Crippen MR) is 82.6 cm³/mol. The van der Waals surface area contributed by atoms with Crippen LogP contribution in [0, 0.1) is 5.41 Å². The van der Waals surface area contributed by atoms with Crippen molar-refractivity contribution in [3.8, 4) is 0 Å². The van der Waals surface area contributed by atoms with Gasteiger partial charge in [0.2, 0.25) is 5.91 Å². The smallest absolute Gasteiger partial charge is 0.229 e. The molecule has 1 aliphatic carbocycles. The highest BCUT2D eigenvalue weighted by Gasteiger charge is 2.67. The summed E-state index contributed by atoms with van der Waals surface area (Å²) in [4.78, 5) is 12.1. The molecular formula is C14H16BrCl2NO. The third-order valence-corrected chi connectivity index (χ3v) is 5.22. The number of halogens is 3. The van der Waals surface area contributed by atoms with Gasteiger partial charge in [0, 0.05) is 10.5 Å². The first kappa shape index (κ1) is 15.1. The molecule has 0 spiro atoms. The molecule has 0 saturated heterocycles. The van der Waals surface area contributed by atoms with E-state index in [2.05, 4.69) is 21.2 Å². The van der Waals surface area contributed by atoms with Crippen LogP contribution in [-0.2, 0) is 11.2 Å². The first-order valence-electron chi connectivity index (χ1n) is 6.18. The third-order valence-electron chi connectivity index (χ3n) is 3.59. The van der Waals surface area contributed by atoms with E-state index in [0.717, 1.165) is 10.9 Å². The first-order valence-corrected chi connectivity index (χ1v) is 7.73. The lowest BCUT2D eigenvalue weighted by Gasteiger charge is -2.18. The summed E-state index contributed by atoms with van der Waals surface area (Å²) in [5.41, 5.74) is 0.532. The molecule has 2 atom stereocenters. The number of nitrogens with one attached hydrogen (secondary N) is 1. The Morgan fingerprint density at radius 3 is 2.42 bits per heavy atom. The van der Waals surface area contributed by atoms with Crippen molar-refractivity contribution in [3.05, 3.63) is 34.3 Å². The normalized spacial score (nSPS) is 25.7. The lowest BCUT2D eigenvalue weighted by molar-refractivity contribution is -0.126. The van der Waals surface area contributed by atoms with Crippen molar-refractivity contribution >= 4 is 45.0 Å². The second kappa shape index (κ2) is 5.27. The number of rotatable bonds is 4. The van der Waals surface area contributed by atoms with E-state index in [1.165, 1.54) is 5.56 Å². The highest BCUT2D eigenvalue weighted by atomic mass is 79.9. The summed E-state index contributed by atoms with van der Waals surface area (Å²) in [6, 6.07) is 8.12. The SMILES string of the molecule is CC(Cc1ccc(Br)cc1)NC(=O)C1(C)CC1(Cl)Cl. The van der Waals surface area contributed by atoms with Gasteiger partial charge in [-0.2, -0.15) is 0 Å². The minimum absolute atomic E-state index is 0.0511. The molecule has 1 fully saturated rings. The molecule has 0 aliphatic heterocycles. The van der Waals surface area contributed by atoms with Gasteiger partial charge in [-0.15, -0.1) is 23.2 Å². The standard InChI is InChI=1S/C14H16BrCl2NO/c1-9(7-10-3-5-11(15)6-4-10)18-12(19)13(2)8-14(13,16)17/h3-6,9H,7-8H2,1-2H3,(H,18,19). The number of hydrogen-bond acceptors (Lipinski definition) is 1. The second-order valence-corrected chi connectivity index (χ2v) is 7.82. The van der Waals surface area contributed by atoms with E-state index in [0.29, 0.717) is 6.42 Å². The van der Waals surface area contributed by atoms with Gasteiger partial charge in [0.25, 0.3) is 0 Å². The number of amides is 1. The Bertz CT molecular complexity index is 489. The second-order valence-electron chi connectivity index (χ2n) is 5.42. The van der Waals surface area contributed by atoms with E-state index in [-0.39, 0.29) is 11.9 Å². The topological polar surface area (TPSA) is 29.1 Å². The molecule has 1 aromatic carbocycles. The van der Waals surface area contributed by atoms with E-state index >= 15 is 0 Å². The maximum Gasteiger partial charge on any atom is 0.229 e. The van der Waals surface area contributed by atoms with E-state index in [9.17, 15) is 4.79 Å². The first-order chi connectivity index (χ1) is 8.74. The summed E-state index contributed by atoms with van der Waals surface area (Å²) in [6.07, 6.45) is 1.30. The lowest BCUT2D eigenvalue weighted by Crippen LogP contribution is -2.40. The quantitative estimate of drug-likeness (QED) is 0.801. The van der Waals surface area contributed by atoms with Gasteiger partial charge in [0.1, 0.15) is 4.33 Å². The number of benzene rings is 1. The maximum atomic E-state index is 12.1. The molecule has 0 heterocycles. The van der Waals surface area contributed by atoms with Crippen molar-refractivity contribution in [1.82, 2.24) is 5.32 Å². The minimum Gasteiger partial charge on any atom is -0.353 e. The summed E-state index contributed by atoms with van der Waals surface area (Å²) in [5, 5.41) is 2.98. The van der Waals surface area contributed by atoms with Crippen LogP contribution in [0.4, 0.5) is 0 Å². The Labute approximate surface area is 132 Å². The Morgan fingerprint density at radius 2 is 1.95 bits per heavy atom. The number of alkyl halides is 2. The Hall–Kier alpha value is -0.250. The predicted octanol–water partition coefficient (Wildman–Crippen LogP) is 4.08. The van der Waals surface area contributed by atoms with Crippen molar-refractivity contribution in [2.75, 3.05) is 0 Å². The van der Waals surface area contributed by atoms with Gasteiger partial charge in [0.15, 0.2) is 0 Å². The van der Waals surface area contributed by atoms with E-state index in [1.807, 2.05) is 31.2 Å². The number of carbonyl (C=O) groups is 1. The van der Waals surface area contributed by atoms with Crippen LogP contribution in [-0.4, -0.2) is 16.3 Å². The summed E-state index contributed by atoms with van der Waals surface area (Å²) in [5.74, 6) is -0.0675. The zero-order chi connectivity index (χ0) is 14.3. The molecule has 2 rings (SSSR count). The molecule has 2 unspecified atom stereocenters. The maximum absolute atomic E-state index is 12.1. The van der Waals surface area contributed by atoms with Gasteiger partial charge in [-0.1, -0.05) is 28.1 Å². The Balaban J connectivity index is 1.90. The Kier molecular flexibility index (Phi) is 4.20. The Morgan fingerprint density at radius 1 is 1.42 bits per heavy atom. The minimum atomic E-state index is -0.908. The summed E-state index contributed by atoms with van der Waals surface area (Å²) in [7, 11) is 0. The van der Waals surface area contributed by atoms with Crippen LogP contribution in [0.1, 0.15) is 25.8 Å². The molecule has 2 nitrogen and oxygen atoms in total.